The summed E-state index contributed by atoms with van der Waals surface area (Å²) in [6.45, 7) is 6.45. The van der Waals surface area contributed by atoms with Gasteiger partial charge < -0.3 is 14.1 Å². The molecule has 2 unspecified atom stereocenters. The lowest BCUT2D eigenvalue weighted by molar-refractivity contribution is -0.00776. The highest BCUT2D eigenvalue weighted by Gasteiger charge is 2.30. The molecule has 5 rings (SSSR count). The van der Waals surface area contributed by atoms with Gasteiger partial charge in [0.25, 0.3) is 0 Å². The maximum atomic E-state index is 10.9. The van der Waals surface area contributed by atoms with Crippen molar-refractivity contribution >= 4 is 37.7 Å². The van der Waals surface area contributed by atoms with Gasteiger partial charge in [0.2, 0.25) is 0 Å². The first-order valence-corrected chi connectivity index (χ1v) is 11.3. The van der Waals surface area contributed by atoms with Gasteiger partial charge in [0, 0.05) is 41.4 Å². The van der Waals surface area contributed by atoms with Gasteiger partial charge >= 0.3 is 0 Å². The number of aromatic nitrogens is 1. The highest BCUT2D eigenvalue weighted by molar-refractivity contribution is 9.10. The summed E-state index contributed by atoms with van der Waals surface area (Å²) in [4.78, 5) is 4.83. The number of furan rings is 1. The molecule has 0 saturated carbocycles. The van der Waals surface area contributed by atoms with Gasteiger partial charge in [-0.3, -0.25) is 9.80 Å². The molecule has 0 spiro atoms. The third kappa shape index (κ3) is 3.58. The summed E-state index contributed by atoms with van der Waals surface area (Å²) in [5.41, 5.74) is 2.32. The van der Waals surface area contributed by atoms with Crippen LogP contribution in [0, 0.1) is 0 Å². The monoisotopic (exact) mass is 467 g/mol. The van der Waals surface area contributed by atoms with Crippen molar-refractivity contribution in [1.29, 1.82) is 0 Å². The minimum Gasteiger partial charge on any atom is -0.468 e. The molecule has 2 aromatic heterocycles. The molecule has 30 heavy (non-hydrogen) atoms. The third-order valence-corrected chi connectivity index (χ3v) is 6.60. The first-order valence-electron chi connectivity index (χ1n) is 10.5. The standard InChI is InChI=1S/C24H26BrN3O2/c1-17(29)24(27-12-10-26(11-13-27)16-19-5-4-14-30-19)28-22-7-3-2-6-20(22)21-15-18(25)8-9-23(21)28/h2-9,14-15,17,24,29H,10-13,16H2,1H3. The Labute approximate surface area is 184 Å². The minimum absolute atomic E-state index is 0.112. The molecule has 1 aliphatic rings. The van der Waals surface area contributed by atoms with Gasteiger partial charge in [-0.05, 0) is 43.3 Å². The number of hydrogen-bond donors (Lipinski definition) is 1. The average Bonchev–Trinajstić information content (AvgIpc) is 3.36. The number of aliphatic hydroxyl groups is 1. The smallest absolute Gasteiger partial charge is 0.117 e. The van der Waals surface area contributed by atoms with Crippen molar-refractivity contribution in [3.63, 3.8) is 0 Å². The van der Waals surface area contributed by atoms with Crippen molar-refractivity contribution in [2.75, 3.05) is 26.2 Å². The summed E-state index contributed by atoms with van der Waals surface area (Å²) in [6, 6.07) is 18.9. The molecule has 1 aliphatic heterocycles. The SMILES string of the molecule is CC(O)C(N1CCN(Cc2ccco2)CC1)n1c2ccccc2c2cc(Br)ccc21. The molecule has 1 N–H and O–H groups in total. The number of piperazine rings is 1. The van der Waals surface area contributed by atoms with Crippen LogP contribution in [-0.4, -0.2) is 51.8 Å². The number of fused-ring (bicyclic) bond motifs is 3. The molecule has 2 atom stereocenters. The quantitative estimate of drug-likeness (QED) is 0.455. The Morgan fingerprint density at radius 3 is 2.47 bits per heavy atom. The number of para-hydroxylation sites is 1. The molecule has 0 bridgehead atoms. The Morgan fingerprint density at radius 2 is 1.73 bits per heavy atom. The summed E-state index contributed by atoms with van der Waals surface area (Å²) < 4.78 is 8.90. The van der Waals surface area contributed by atoms with Crippen LogP contribution >= 0.6 is 15.9 Å². The summed E-state index contributed by atoms with van der Waals surface area (Å²) in [7, 11) is 0. The van der Waals surface area contributed by atoms with E-state index >= 15 is 0 Å². The van der Waals surface area contributed by atoms with E-state index in [4.69, 9.17) is 4.42 Å². The normalized spacial score (nSPS) is 18.2. The van der Waals surface area contributed by atoms with Gasteiger partial charge in [-0.25, -0.2) is 0 Å². The fraction of sp³-hybridized carbons (Fsp3) is 0.333. The molecule has 6 heteroatoms. The van der Waals surface area contributed by atoms with Crippen LogP contribution in [0.5, 0.6) is 0 Å². The second-order valence-corrected chi connectivity index (χ2v) is 9.01. The molecule has 4 aromatic rings. The summed E-state index contributed by atoms with van der Waals surface area (Å²) in [5, 5.41) is 13.3. The second-order valence-electron chi connectivity index (χ2n) is 8.09. The van der Waals surface area contributed by atoms with Gasteiger partial charge in [0.05, 0.1) is 29.9 Å². The Bertz CT molecular complexity index is 1140. The van der Waals surface area contributed by atoms with Crippen LogP contribution in [0.25, 0.3) is 21.8 Å². The molecule has 156 valence electrons. The van der Waals surface area contributed by atoms with Crippen molar-refractivity contribution in [1.82, 2.24) is 14.4 Å². The maximum Gasteiger partial charge on any atom is 0.117 e. The number of rotatable bonds is 5. The van der Waals surface area contributed by atoms with E-state index in [9.17, 15) is 5.11 Å². The minimum atomic E-state index is -0.496. The van der Waals surface area contributed by atoms with Gasteiger partial charge in [0.15, 0.2) is 0 Å². The van der Waals surface area contributed by atoms with Crippen LogP contribution in [0.3, 0.4) is 0 Å². The van der Waals surface area contributed by atoms with Crippen LogP contribution < -0.4 is 0 Å². The Hall–Kier alpha value is -2.12. The highest BCUT2D eigenvalue weighted by atomic mass is 79.9. The number of aliphatic hydroxyl groups excluding tert-OH is 1. The van der Waals surface area contributed by atoms with Gasteiger partial charge in [0.1, 0.15) is 11.9 Å². The van der Waals surface area contributed by atoms with E-state index in [0.717, 1.165) is 54.0 Å². The summed E-state index contributed by atoms with van der Waals surface area (Å²) in [6.07, 6.45) is 1.12. The van der Waals surface area contributed by atoms with Crippen molar-refractivity contribution < 1.29 is 9.52 Å². The topological polar surface area (TPSA) is 44.8 Å². The summed E-state index contributed by atoms with van der Waals surface area (Å²) in [5.74, 6) is 1.00. The lowest BCUT2D eigenvalue weighted by Crippen LogP contribution is -2.50. The molecule has 5 nitrogen and oxygen atoms in total. The molecule has 1 fully saturated rings. The van der Waals surface area contributed by atoms with Crippen molar-refractivity contribution in [2.24, 2.45) is 0 Å². The first kappa shape index (κ1) is 19.8. The Balaban J connectivity index is 1.49. The molecule has 0 amide bonds. The van der Waals surface area contributed by atoms with Crippen LogP contribution in [0.1, 0.15) is 18.8 Å². The van der Waals surface area contributed by atoms with E-state index < -0.39 is 6.10 Å². The zero-order valence-corrected chi connectivity index (χ0v) is 18.6. The van der Waals surface area contributed by atoms with Crippen molar-refractivity contribution in [2.45, 2.75) is 25.7 Å². The van der Waals surface area contributed by atoms with E-state index in [1.54, 1.807) is 6.26 Å². The molecule has 2 aromatic carbocycles. The first-order chi connectivity index (χ1) is 14.6. The number of halogens is 1. The molecule has 3 heterocycles. The van der Waals surface area contributed by atoms with E-state index in [2.05, 4.69) is 72.8 Å². The fourth-order valence-electron chi connectivity index (χ4n) is 4.75. The average molecular weight is 468 g/mol. The second kappa shape index (κ2) is 8.19. The predicted molar refractivity (Wildman–Crippen MR) is 123 cm³/mol. The van der Waals surface area contributed by atoms with E-state index in [0.29, 0.717) is 0 Å². The lowest BCUT2D eigenvalue weighted by Gasteiger charge is -2.41. The van der Waals surface area contributed by atoms with E-state index in [1.165, 1.54) is 10.8 Å². The summed E-state index contributed by atoms with van der Waals surface area (Å²) >= 11 is 3.62. The zero-order valence-electron chi connectivity index (χ0n) is 17.0. The van der Waals surface area contributed by atoms with Crippen LogP contribution in [0.15, 0.2) is 69.8 Å². The number of hydrogen-bond acceptors (Lipinski definition) is 4. The molecular weight excluding hydrogens is 442 g/mol. The maximum absolute atomic E-state index is 10.9. The van der Waals surface area contributed by atoms with E-state index in [-0.39, 0.29) is 6.17 Å². The van der Waals surface area contributed by atoms with Gasteiger partial charge in [-0.2, -0.15) is 0 Å². The van der Waals surface area contributed by atoms with Crippen LogP contribution in [0.4, 0.5) is 0 Å². The van der Waals surface area contributed by atoms with Gasteiger partial charge in [-0.1, -0.05) is 34.1 Å². The predicted octanol–water partition coefficient (Wildman–Crippen LogP) is 4.85. The Morgan fingerprint density at radius 1 is 0.967 bits per heavy atom. The highest BCUT2D eigenvalue weighted by Crippen LogP contribution is 2.36. The zero-order chi connectivity index (χ0) is 20.7. The molecular formula is C24H26BrN3O2. The van der Waals surface area contributed by atoms with Gasteiger partial charge in [-0.15, -0.1) is 0 Å². The molecule has 0 radical (unpaired) electrons. The third-order valence-electron chi connectivity index (χ3n) is 6.11. The Kier molecular flexibility index (Phi) is 5.41. The molecule has 0 aliphatic carbocycles. The van der Waals surface area contributed by atoms with E-state index in [1.807, 2.05) is 19.1 Å². The lowest BCUT2D eigenvalue weighted by atomic mass is 10.2. The molecule has 1 saturated heterocycles. The van der Waals surface area contributed by atoms with Crippen LogP contribution in [0.2, 0.25) is 0 Å². The largest absolute Gasteiger partial charge is 0.468 e. The number of benzene rings is 2. The van der Waals surface area contributed by atoms with Crippen molar-refractivity contribution in [3.05, 3.63) is 71.1 Å². The fourth-order valence-corrected chi connectivity index (χ4v) is 5.11. The van der Waals surface area contributed by atoms with Crippen LogP contribution in [-0.2, 0) is 6.54 Å². The van der Waals surface area contributed by atoms with Crippen molar-refractivity contribution in [3.8, 4) is 0 Å². The number of nitrogens with zero attached hydrogens (tertiary/aromatic N) is 3.